The van der Waals surface area contributed by atoms with Gasteiger partial charge in [-0.3, -0.25) is 0 Å². The molecule has 0 radical (unpaired) electrons. The molecule has 1 N–H and O–H groups in total. The predicted molar refractivity (Wildman–Crippen MR) is 65.0 cm³/mol. The topological polar surface area (TPSA) is 67.3 Å². The van der Waals surface area contributed by atoms with Crippen LogP contribution in [0.5, 0.6) is 0 Å². The van der Waals surface area contributed by atoms with E-state index in [1.807, 2.05) is 14.1 Å². The third kappa shape index (κ3) is 3.99. The van der Waals surface area contributed by atoms with Crippen molar-refractivity contribution in [1.82, 2.24) is 14.9 Å². The number of carbonyl (C=O) groups excluding carboxylic acids is 1. The van der Waals surface area contributed by atoms with Gasteiger partial charge in [-0.1, -0.05) is 0 Å². The maximum atomic E-state index is 11.1. The van der Waals surface area contributed by atoms with Gasteiger partial charge in [0, 0.05) is 12.6 Å². The summed E-state index contributed by atoms with van der Waals surface area (Å²) in [5.74, 6) is 0.164. The van der Waals surface area contributed by atoms with E-state index in [1.54, 1.807) is 0 Å². The van der Waals surface area contributed by atoms with Gasteiger partial charge in [0.25, 0.3) is 0 Å². The SMILES string of the molecule is COC(=O)c1cnc(NCC(C)N(C)C)cn1. The van der Waals surface area contributed by atoms with E-state index in [0.29, 0.717) is 11.9 Å². The fraction of sp³-hybridized carbons (Fsp3) is 0.545. The van der Waals surface area contributed by atoms with Crippen LogP contribution in [0.25, 0.3) is 0 Å². The van der Waals surface area contributed by atoms with Gasteiger partial charge in [-0.15, -0.1) is 0 Å². The molecular formula is C11H18N4O2. The fourth-order valence-electron chi connectivity index (χ4n) is 1.06. The molecule has 0 aromatic carbocycles. The highest BCUT2D eigenvalue weighted by atomic mass is 16.5. The number of anilines is 1. The Morgan fingerprint density at radius 3 is 2.65 bits per heavy atom. The first-order valence-electron chi connectivity index (χ1n) is 5.35. The lowest BCUT2D eigenvalue weighted by Crippen LogP contribution is -2.31. The number of methoxy groups -OCH3 is 1. The third-order valence-electron chi connectivity index (χ3n) is 2.51. The highest BCUT2D eigenvalue weighted by Gasteiger charge is 2.08. The molecule has 6 heteroatoms. The lowest BCUT2D eigenvalue weighted by molar-refractivity contribution is 0.0593. The average Bonchev–Trinajstić information content (AvgIpc) is 2.35. The first-order chi connectivity index (χ1) is 8.04. The molecule has 1 atom stereocenters. The molecular weight excluding hydrogens is 220 g/mol. The highest BCUT2D eigenvalue weighted by Crippen LogP contribution is 2.03. The van der Waals surface area contributed by atoms with E-state index in [4.69, 9.17) is 0 Å². The van der Waals surface area contributed by atoms with Crippen LogP contribution in [0.2, 0.25) is 0 Å². The van der Waals surface area contributed by atoms with E-state index in [9.17, 15) is 4.79 Å². The quantitative estimate of drug-likeness (QED) is 0.759. The van der Waals surface area contributed by atoms with Crippen molar-refractivity contribution in [2.45, 2.75) is 13.0 Å². The van der Waals surface area contributed by atoms with Gasteiger partial charge in [0.1, 0.15) is 5.82 Å². The van der Waals surface area contributed by atoms with Crippen LogP contribution < -0.4 is 5.32 Å². The molecule has 1 unspecified atom stereocenters. The van der Waals surface area contributed by atoms with Crippen molar-refractivity contribution >= 4 is 11.8 Å². The molecule has 0 bridgehead atoms. The van der Waals surface area contributed by atoms with Crippen molar-refractivity contribution in [1.29, 1.82) is 0 Å². The van der Waals surface area contributed by atoms with E-state index >= 15 is 0 Å². The van der Waals surface area contributed by atoms with Crippen molar-refractivity contribution in [3.05, 3.63) is 18.1 Å². The number of rotatable bonds is 5. The molecule has 1 aromatic heterocycles. The number of hydrogen-bond donors (Lipinski definition) is 1. The van der Waals surface area contributed by atoms with Crippen LogP contribution in [0, 0.1) is 0 Å². The number of nitrogens with zero attached hydrogens (tertiary/aromatic N) is 3. The third-order valence-corrected chi connectivity index (χ3v) is 2.51. The number of nitrogens with one attached hydrogen (secondary N) is 1. The number of carbonyl (C=O) groups is 1. The molecule has 6 nitrogen and oxygen atoms in total. The molecule has 0 aliphatic carbocycles. The Morgan fingerprint density at radius 2 is 2.18 bits per heavy atom. The largest absolute Gasteiger partial charge is 0.464 e. The van der Waals surface area contributed by atoms with Gasteiger partial charge in [-0.05, 0) is 21.0 Å². The second kappa shape index (κ2) is 6.15. The van der Waals surface area contributed by atoms with Crippen LogP contribution in [0.4, 0.5) is 5.82 Å². The van der Waals surface area contributed by atoms with E-state index in [1.165, 1.54) is 19.5 Å². The maximum absolute atomic E-state index is 11.1. The van der Waals surface area contributed by atoms with E-state index in [0.717, 1.165) is 6.54 Å². The van der Waals surface area contributed by atoms with Gasteiger partial charge in [-0.25, -0.2) is 14.8 Å². The van der Waals surface area contributed by atoms with Crippen molar-refractivity contribution in [3.63, 3.8) is 0 Å². The summed E-state index contributed by atoms with van der Waals surface area (Å²) in [4.78, 5) is 21.3. The summed E-state index contributed by atoms with van der Waals surface area (Å²) in [6.07, 6.45) is 2.92. The van der Waals surface area contributed by atoms with Gasteiger partial charge < -0.3 is 15.0 Å². The molecule has 0 spiro atoms. The maximum Gasteiger partial charge on any atom is 0.358 e. The summed E-state index contributed by atoms with van der Waals surface area (Å²) < 4.78 is 4.54. The zero-order valence-electron chi connectivity index (χ0n) is 10.6. The van der Waals surface area contributed by atoms with Crippen LogP contribution in [0.1, 0.15) is 17.4 Å². The lowest BCUT2D eigenvalue weighted by atomic mass is 10.3. The van der Waals surface area contributed by atoms with Gasteiger partial charge in [0.15, 0.2) is 5.69 Å². The Labute approximate surface area is 101 Å². The van der Waals surface area contributed by atoms with Crippen molar-refractivity contribution in [3.8, 4) is 0 Å². The molecule has 1 rings (SSSR count). The molecule has 94 valence electrons. The molecule has 0 saturated carbocycles. The molecule has 0 saturated heterocycles. The Bertz CT molecular complexity index is 364. The number of hydrogen-bond acceptors (Lipinski definition) is 6. The monoisotopic (exact) mass is 238 g/mol. The Hall–Kier alpha value is -1.69. The van der Waals surface area contributed by atoms with Crippen molar-refractivity contribution < 1.29 is 9.53 Å². The average molecular weight is 238 g/mol. The molecule has 0 aliphatic heterocycles. The second-order valence-corrected chi connectivity index (χ2v) is 3.97. The first kappa shape index (κ1) is 13.4. The molecule has 0 amide bonds. The van der Waals surface area contributed by atoms with Gasteiger partial charge in [0.2, 0.25) is 0 Å². The summed E-state index contributed by atoms with van der Waals surface area (Å²) in [5.41, 5.74) is 0.207. The molecule has 1 heterocycles. The van der Waals surface area contributed by atoms with Crippen molar-refractivity contribution in [2.75, 3.05) is 33.1 Å². The Balaban J connectivity index is 2.54. The van der Waals surface area contributed by atoms with E-state index in [-0.39, 0.29) is 5.69 Å². The summed E-state index contributed by atoms with van der Waals surface area (Å²) >= 11 is 0. The number of esters is 1. The smallest absolute Gasteiger partial charge is 0.358 e. The highest BCUT2D eigenvalue weighted by molar-refractivity contribution is 5.86. The summed E-state index contributed by atoms with van der Waals surface area (Å²) in [5, 5.41) is 3.14. The van der Waals surface area contributed by atoms with E-state index in [2.05, 4.69) is 31.8 Å². The van der Waals surface area contributed by atoms with Crippen LogP contribution in [-0.2, 0) is 4.74 Å². The zero-order chi connectivity index (χ0) is 12.8. The Kier molecular flexibility index (Phi) is 4.84. The number of ether oxygens (including phenoxy) is 1. The first-order valence-corrected chi connectivity index (χ1v) is 5.35. The van der Waals surface area contributed by atoms with E-state index < -0.39 is 5.97 Å². The number of likely N-dealkylation sites (N-methyl/N-ethyl adjacent to an activating group) is 1. The summed E-state index contributed by atoms with van der Waals surface area (Å²) in [6, 6.07) is 0.386. The molecule has 1 aromatic rings. The predicted octanol–water partition coefficient (Wildman–Crippen LogP) is 0.625. The summed E-state index contributed by atoms with van der Waals surface area (Å²) in [7, 11) is 5.34. The standard InChI is InChI=1S/C11H18N4O2/c1-8(15(2)3)5-13-10-7-12-9(6-14-10)11(16)17-4/h6-8H,5H2,1-4H3,(H,13,14). The number of aromatic nitrogens is 2. The fourth-order valence-corrected chi connectivity index (χ4v) is 1.06. The summed E-state index contributed by atoms with van der Waals surface area (Å²) in [6.45, 7) is 2.86. The van der Waals surface area contributed by atoms with Crippen LogP contribution >= 0.6 is 0 Å². The second-order valence-electron chi connectivity index (χ2n) is 3.97. The molecule has 0 fully saturated rings. The van der Waals surface area contributed by atoms with Gasteiger partial charge in [0.05, 0.1) is 19.5 Å². The lowest BCUT2D eigenvalue weighted by Gasteiger charge is -2.20. The van der Waals surface area contributed by atoms with Crippen LogP contribution in [0.15, 0.2) is 12.4 Å². The van der Waals surface area contributed by atoms with Crippen LogP contribution in [0.3, 0.4) is 0 Å². The minimum absolute atomic E-state index is 0.207. The molecule has 17 heavy (non-hydrogen) atoms. The minimum Gasteiger partial charge on any atom is -0.464 e. The van der Waals surface area contributed by atoms with Crippen LogP contribution in [-0.4, -0.2) is 54.6 Å². The van der Waals surface area contributed by atoms with Crippen molar-refractivity contribution in [2.24, 2.45) is 0 Å². The van der Waals surface area contributed by atoms with Gasteiger partial charge in [-0.2, -0.15) is 0 Å². The molecule has 0 aliphatic rings. The Morgan fingerprint density at radius 1 is 1.47 bits per heavy atom. The normalized spacial score (nSPS) is 12.3. The van der Waals surface area contributed by atoms with Gasteiger partial charge >= 0.3 is 5.97 Å². The zero-order valence-corrected chi connectivity index (χ0v) is 10.6. The minimum atomic E-state index is -0.481.